The molecule has 0 fully saturated rings. The van der Waals surface area contributed by atoms with E-state index in [1.807, 2.05) is 14.2 Å². The van der Waals surface area contributed by atoms with Gasteiger partial charge in [0.15, 0.2) is 0 Å². The van der Waals surface area contributed by atoms with Crippen LogP contribution in [0.2, 0.25) is 0 Å². The van der Waals surface area contributed by atoms with E-state index in [9.17, 15) is 0 Å². The maximum absolute atomic E-state index is 6.24. The quantitative estimate of drug-likeness (QED) is 0.316. The average Bonchev–Trinajstić information content (AvgIpc) is 2.88. The first kappa shape index (κ1) is 19.2. The van der Waals surface area contributed by atoms with Gasteiger partial charge in [0.05, 0.1) is 14.2 Å². The van der Waals surface area contributed by atoms with E-state index in [0.29, 0.717) is 11.8 Å². The molecule has 2 bridgehead atoms. The van der Waals surface area contributed by atoms with Crippen LogP contribution in [-0.2, 0) is 0 Å². The largest absolute Gasteiger partial charge is 0.496 e. The summed E-state index contributed by atoms with van der Waals surface area (Å²) in [7, 11) is 3.63. The third kappa shape index (κ3) is 2.72. The fraction of sp³-hybridized carbons (Fsp3) is 0.200. The highest BCUT2D eigenvalue weighted by molar-refractivity contribution is 6.12. The van der Waals surface area contributed by atoms with Crippen LogP contribution in [0.3, 0.4) is 0 Å². The minimum absolute atomic E-state index is 0.382. The molecular weight excluding hydrogens is 392 g/mol. The standard InChI is InChI=1S/C30H26O2/c1-31-29-25-21-13-15-22(16-14-21)26(25)30(32-2)28-24(20-11-7-4-8-12-20)18-17-23(27(28)29)19-9-5-3-6-10-19/h3-13,15,17-18,21-22H,14,16H2,1-2H3. The van der Waals surface area contributed by atoms with E-state index >= 15 is 0 Å². The molecule has 3 aliphatic carbocycles. The van der Waals surface area contributed by atoms with Crippen molar-refractivity contribution < 1.29 is 9.47 Å². The van der Waals surface area contributed by atoms with Gasteiger partial charge in [-0.3, -0.25) is 0 Å². The van der Waals surface area contributed by atoms with E-state index in [2.05, 4.69) is 84.9 Å². The third-order valence-electron chi connectivity index (χ3n) is 7.12. The van der Waals surface area contributed by atoms with Gasteiger partial charge in [-0.15, -0.1) is 0 Å². The monoisotopic (exact) mass is 418 g/mol. The van der Waals surface area contributed by atoms with Crippen LogP contribution < -0.4 is 9.47 Å². The molecule has 0 amide bonds. The molecule has 4 aromatic carbocycles. The summed E-state index contributed by atoms with van der Waals surface area (Å²) in [4.78, 5) is 0. The molecule has 0 aliphatic heterocycles. The SMILES string of the molecule is COc1c2c(c(OC)c3c(-c4ccccc4)ccc(-c4ccccc4)c13)C1C=CC2CC1. The van der Waals surface area contributed by atoms with Gasteiger partial charge < -0.3 is 9.47 Å². The Labute approximate surface area is 189 Å². The van der Waals surface area contributed by atoms with Gasteiger partial charge in [-0.25, -0.2) is 0 Å². The Morgan fingerprint density at radius 2 is 0.969 bits per heavy atom. The highest BCUT2D eigenvalue weighted by Crippen LogP contribution is 2.58. The number of rotatable bonds is 4. The Morgan fingerprint density at radius 3 is 1.31 bits per heavy atom. The van der Waals surface area contributed by atoms with Crippen LogP contribution in [0.1, 0.15) is 35.8 Å². The molecule has 2 heteroatoms. The fourth-order valence-electron chi connectivity index (χ4n) is 5.77. The van der Waals surface area contributed by atoms with Crippen molar-refractivity contribution in [3.05, 3.63) is 96.1 Å². The van der Waals surface area contributed by atoms with Crippen LogP contribution in [0.4, 0.5) is 0 Å². The molecule has 4 aromatic rings. The van der Waals surface area contributed by atoms with Crippen molar-refractivity contribution in [1.29, 1.82) is 0 Å². The average molecular weight is 419 g/mol. The van der Waals surface area contributed by atoms with Crippen LogP contribution in [0, 0.1) is 0 Å². The van der Waals surface area contributed by atoms with Crippen molar-refractivity contribution in [3.8, 4) is 33.8 Å². The maximum atomic E-state index is 6.24. The van der Waals surface area contributed by atoms with Gasteiger partial charge in [-0.05, 0) is 35.1 Å². The molecule has 32 heavy (non-hydrogen) atoms. The first-order chi connectivity index (χ1) is 15.8. The summed E-state index contributed by atoms with van der Waals surface area (Å²) < 4.78 is 12.5. The number of hydrogen-bond acceptors (Lipinski definition) is 2. The molecule has 0 N–H and O–H groups in total. The van der Waals surface area contributed by atoms with E-state index in [1.165, 1.54) is 33.4 Å². The van der Waals surface area contributed by atoms with Gasteiger partial charge in [-0.2, -0.15) is 0 Å². The molecule has 0 aromatic heterocycles. The lowest BCUT2D eigenvalue weighted by molar-refractivity contribution is 0.386. The Kier molecular flexibility index (Phi) is 4.53. The number of ether oxygens (including phenoxy) is 2. The molecule has 2 nitrogen and oxygen atoms in total. The van der Waals surface area contributed by atoms with Crippen LogP contribution >= 0.6 is 0 Å². The van der Waals surface area contributed by atoms with Gasteiger partial charge in [0.1, 0.15) is 11.5 Å². The Bertz CT molecular complexity index is 1230. The van der Waals surface area contributed by atoms with Crippen molar-refractivity contribution in [1.82, 2.24) is 0 Å². The van der Waals surface area contributed by atoms with E-state index in [1.54, 1.807) is 0 Å². The smallest absolute Gasteiger partial charge is 0.131 e. The molecule has 2 atom stereocenters. The van der Waals surface area contributed by atoms with Gasteiger partial charge in [0.25, 0.3) is 0 Å². The second-order valence-electron chi connectivity index (χ2n) is 8.71. The highest BCUT2D eigenvalue weighted by atomic mass is 16.5. The minimum Gasteiger partial charge on any atom is -0.496 e. The van der Waals surface area contributed by atoms with Gasteiger partial charge >= 0.3 is 0 Å². The topological polar surface area (TPSA) is 18.5 Å². The molecule has 3 aliphatic rings. The molecule has 2 unspecified atom stereocenters. The lowest BCUT2D eigenvalue weighted by Gasteiger charge is -2.37. The van der Waals surface area contributed by atoms with E-state index in [0.717, 1.165) is 35.1 Å². The van der Waals surface area contributed by atoms with Crippen LogP contribution in [0.5, 0.6) is 11.5 Å². The summed E-state index contributed by atoms with van der Waals surface area (Å²) in [6, 6.07) is 25.7. The summed E-state index contributed by atoms with van der Waals surface area (Å²) in [5.74, 6) is 2.78. The summed E-state index contributed by atoms with van der Waals surface area (Å²) >= 11 is 0. The molecule has 0 saturated heterocycles. The van der Waals surface area contributed by atoms with Gasteiger partial charge in [-0.1, -0.05) is 84.9 Å². The fourth-order valence-corrected chi connectivity index (χ4v) is 5.77. The zero-order valence-corrected chi connectivity index (χ0v) is 18.5. The van der Waals surface area contributed by atoms with Crippen LogP contribution in [0.25, 0.3) is 33.0 Å². The molecule has 0 spiro atoms. The Hall–Kier alpha value is -3.52. The number of methoxy groups -OCH3 is 2. The number of hydrogen-bond donors (Lipinski definition) is 0. The minimum atomic E-state index is 0.382. The molecule has 0 heterocycles. The third-order valence-corrected chi connectivity index (χ3v) is 7.12. The Balaban J connectivity index is 1.82. The van der Waals surface area contributed by atoms with Crippen molar-refractivity contribution in [2.75, 3.05) is 14.2 Å². The second-order valence-corrected chi connectivity index (χ2v) is 8.71. The number of allylic oxidation sites excluding steroid dienone is 2. The lowest BCUT2D eigenvalue weighted by Crippen LogP contribution is -2.19. The summed E-state index contributed by atoms with van der Waals surface area (Å²) in [6.45, 7) is 0. The second kappa shape index (κ2) is 7.56. The zero-order chi connectivity index (χ0) is 21.7. The molecule has 7 rings (SSSR count). The molecule has 0 radical (unpaired) electrons. The van der Waals surface area contributed by atoms with Crippen molar-refractivity contribution >= 4 is 10.8 Å². The first-order valence-electron chi connectivity index (χ1n) is 11.4. The maximum Gasteiger partial charge on any atom is 0.131 e. The van der Waals surface area contributed by atoms with Crippen molar-refractivity contribution in [2.24, 2.45) is 0 Å². The zero-order valence-electron chi connectivity index (χ0n) is 18.5. The van der Waals surface area contributed by atoms with Gasteiger partial charge in [0.2, 0.25) is 0 Å². The van der Waals surface area contributed by atoms with Gasteiger partial charge in [0, 0.05) is 33.7 Å². The van der Waals surface area contributed by atoms with E-state index in [4.69, 9.17) is 9.47 Å². The van der Waals surface area contributed by atoms with Crippen molar-refractivity contribution in [2.45, 2.75) is 24.7 Å². The van der Waals surface area contributed by atoms with E-state index < -0.39 is 0 Å². The lowest BCUT2D eigenvalue weighted by atomic mass is 9.69. The first-order valence-corrected chi connectivity index (χ1v) is 11.4. The molecule has 0 saturated carbocycles. The van der Waals surface area contributed by atoms with E-state index in [-0.39, 0.29) is 0 Å². The number of benzene rings is 4. The van der Waals surface area contributed by atoms with Crippen LogP contribution in [-0.4, -0.2) is 14.2 Å². The molecular formula is C30H26O2. The highest BCUT2D eigenvalue weighted by Gasteiger charge is 2.37. The normalized spacial score (nSPS) is 18.6. The predicted molar refractivity (Wildman–Crippen MR) is 132 cm³/mol. The van der Waals surface area contributed by atoms with Crippen LogP contribution in [0.15, 0.2) is 84.9 Å². The Morgan fingerprint density at radius 1 is 0.562 bits per heavy atom. The predicted octanol–water partition coefficient (Wildman–Crippen LogP) is 7.72. The number of fused-ring (bicyclic) bond motifs is 2. The summed E-state index contributed by atoms with van der Waals surface area (Å²) in [6.07, 6.45) is 7.07. The summed E-state index contributed by atoms with van der Waals surface area (Å²) in [5.41, 5.74) is 7.38. The summed E-state index contributed by atoms with van der Waals surface area (Å²) in [5, 5.41) is 2.30. The van der Waals surface area contributed by atoms with Crippen molar-refractivity contribution in [3.63, 3.8) is 0 Å². The molecule has 158 valence electrons.